The third-order valence-corrected chi connectivity index (χ3v) is 6.53. The molecule has 0 spiro atoms. The Labute approximate surface area is 199 Å². The summed E-state index contributed by atoms with van der Waals surface area (Å²) in [5.74, 6) is -0.163. The van der Waals surface area contributed by atoms with Crippen molar-refractivity contribution >= 4 is 23.2 Å². The molecule has 2 amide bonds. The topological polar surface area (TPSA) is 49.4 Å². The van der Waals surface area contributed by atoms with Crippen LogP contribution in [0.15, 0.2) is 103 Å². The molecule has 0 aliphatic carbocycles. The van der Waals surface area contributed by atoms with E-state index in [4.69, 9.17) is 0 Å². The first-order valence-corrected chi connectivity index (χ1v) is 11.4. The SMILES string of the molecule is CC(C)(C(=O)Nc1ccc(C(=O)N2Cc3ccccc3-c3ccccc32)cc1)c1ccccc1. The van der Waals surface area contributed by atoms with Crippen LogP contribution in [-0.2, 0) is 16.8 Å². The zero-order chi connectivity index (χ0) is 23.7. The molecule has 1 aliphatic heterocycles. The van der Waals surface area contributed by atoms with Gasteiger partial charge in [0.2, 0.25) is 5.91 Å². The third-order valence-electron chi connectivity index (χ3n) is 6.53. The molecule has 0 radical (unpaired) electrons. The Hall–Kier alpha value is -4.18. The summed E-state index contributed by atoms with van der Waals surface area (Å²) in [7, 11) is 0. The Bertz CT molecular complexity index is 1360. The van der Waals surface area contributed by atoms with Crippen molar-refractivity contribution in [2.75, 3.05) is 10.2 Å². The number of rotatable bonds is 4. The fourth-order valence-corrected chi connectivity index (χ4v) is 4.42. The number of para-hydroxylation sites is 1. The highest BCUT2D eigenvalue weighted by molar-refractivity contribution is 6.09. The number of nitrogens with one attached hydrogen (secondary N) is 1. The Morgan fingerprint density at radius 2 is 1.35 bits per heavy atom. The van der Waals surface area contributed by atoms with Gasteiger partial charge in [-0.2, -0.15) is 0 Å². The molecule has 0 aromatic heterocycles. The molecule has 4 aromatic carbocycles. The molecule has 0 atom stereocenters. The largest absolute Gasteiger partial charge is 0.325 e. The second kappa shape index (κ2) is 8.64. The minimum Gasteiger partial charge on any atom is -0.325 e. The van der Waals surface area contributed by atoms with Crippen LogP contribution in [0, 0.1) is 0 Å². The number of anilines is 2. The standard InChI is InChI=1S/C30H26N2O2/c1-30(2,23-11-4-3-5-12-23)29(34)31-24-18-16-21(17-19-24)28(33)32-20-22-10-6-7-13-25(22)26-14-8-9-15-27(26)32/h3-19H,20H2,1-2H3,(H,31,34). The van der Waals surface area contributed by atoms with Crippen LogP contribution in [0.25, 0.3) is 11.1 Å². The summed E-state index contributed by atoms with van der Waals surface area (Å²) in [5.41, 5.74) is 5.77. The van der Waals surface area contributed by atoms with E-state index >= 15 is 0 Å². The van der Waals surface area contributed by atoms with E-state index < -0.39 is 5.41 Å². The Kier molecular flexibility index (Phi) is 5.50. The third kappa shape index (κ3) is 3.88. The van der Waals surface area contributed by atoms with Gasteiger partial charge < -0.3 is 10.2 Å². The fraction of sp³-hybridized carbons (Fsp3) is 0.133. The summed E-state index contributed by atoms with van der Waals surface area (Å²) in [5, 5.41) is 2.99. The van der Waals surface area contributed by atoms with E-state index in [0.717, 1.165) is 22.4 Å². The highest BCUT2D eigenvalue weighted by Gasteiger charge is 2.30. The zero-order valence-electron chi connectivity index (χ0n) is 19.3. The molecule has 0 unspecified atom stereocenters. The lowest BCUT2D eigenvalue weighted by Crippen LogP contribution is -2.34. The first-order valence-electron chi connectivity index (χ1n) is 11.4. The van der Waals surface area contributed by atoms with Crippen molar-refractivity contribution in [2.24, 2.45) is 0 Å². The molecule has 168 valence electrons. The quantitative estimate of drug-likeness (QED) is 0.393. The van der Waals surface area contributed by atoms with E-state index in [1.165, 1.54) is 5.56 Å². The smallest absolute Gasteiger partial charge is 0.258 e. The molecular formula is C30H26N2O2. The van der Waals surface area contributed by atoms with Crippen molar-refractivity contribution in [3.63, 3.8) is 0 Å². The Balaban J connectivity index is 1.36. The van der Waals surface area contributed by atoms with Gasteiger partial charge in [0.15, 0.2) is 0 Å². The molecule has 0 saturated carbocycles. The summed E-state index contributed by atoms with van der Waals surface area (Å²) >= 11 is 0. The number of carbonyl (C=O) groups is 2. The predicted octanol–water partition coefficient (Wildman–Crippen LogP) is 6.43. The Morgan fingerprint density at radius 1 is 0.735 bits per heavy atom. The molecule has 0 bridgehead atoms. The van der Waals surface area contributed by atoms with Gasteiger partial charge in [0.1, 0.15) is 0 Å². The van der Waals surface area contributed by atoms with Gasteiger partial charge in [-0.15, -0.1) is 0 Å². The summed E-state index contributed by atoms with van der Waals surface area (Å²) in [6.45, 7) is 4.33. The van der Waals surface area contributed by atoms with E-state index in [0.29, 0.717) is 17.8 Å². The summed E-state index contributed by atoms with van der Waals surface area (Å²) in [6, 6.07) is 33.0. The van der Waals surface area contributed by atoms with Gasteiger partial charge in [0, 0.05) is 16.8 Å². The molecular weight excluding hydrogens is 420 g/mol. The second-order valence-corrected chi connectivity index (χ2v) is 9.09. The van der Waals surface area contributed by atoms with Crippen molar-refractivity contribution in [3.8, 4) is 11.1 Å². The van der Waals surface area contributed by atoms with Crippen molar-refractivity contribution in [1.29, 1.82) is 0 Å². The number of amides is 2. The molecule has 34 heavy (non-hydrogen) atoms. The van der Waals surface area contributed by atoms with Gasteiger partial charge in [-0.05, 0) is 60.9 Å². The summed E-state index contributed by atoms with van der Waals surface area (Å²) in [6.07, 6.45) is 0. The normalized spacial score (nSPS) is 12.5. The van der Waals surface area contributed by atoms with Crippen LogP contribution in [0.4, 0.5) is 11.4 Å². The minimum absolute atomic E-state index is 0.0653. The molecule has 1 aliphatic rings. The lowest BCUT2D eigenvalue weighted by atomic mass is 9.83. The van der Waals surface area contributed by atoms with Crippen LogP contribution in [0.5, 0.6) is 0 Å². The van der Waals surface area contributed by atoms with Gasteiger partial charge >= 0.3 is 0 Å². The number of hydrogen-bond acceptors (Lipinski definition) is 2. The fourth-order valence-electron chi connectivity index (χ4n) is 4.42. The van der Waals surface area contributed by atoms with Crippen molar-refractivity contribution in [1.82, 2.24) is 0 Å². The van der Waals surface area contributed by atoms with Gasteiger partial charge in [-0.3, -0.25) is 9.59 Å². The summed E-state index contributed by atoms with van der Waals surface area (Å²) < 4.78 is 0. The maximum Gasteiger partial charge on any atom is 0.258 e. The van der Waals surface area contributed by atoms with Crippen LogP contribution in [-0.4, -0.2) is 11.8 Å². The molecule has 4 nitrogen and oxygen atoms in total. The molecule has 0 fully saturated rings. The molecule has 0 saturated heterocycles. The predicted molar refractivity (Wildman–Crippen MR) is 137 cm³/mol. The highest BCUT2D eigenvalue weighted by atomic mass is 16.2. The van der Waals surface area contributed by atoms with Crippen LogP contribution in [0.3, 0.4) is 0 Å². The van der Waals surface area contributed by atoms with E-state index in [1.807, 2.05) is 79.4 Å². The lowest BCUT2D eigenvalue weighted by Gasteiger charge is -2.31. The van der Waals surface area contributed by atoms with Crippen molar-refractivity contribution < 1.29 is 9.59 Å². The van der Waals surface area contributed by atoms with E-state index in [2.05, 4.69) is 23.5 Å². The van der Waals surface area contributed by atoms with E-state index in [1.54, 1.807) is 24.3 Å². The summed E-state index contributed by atoms with van der Waals surface area (Å²) in [4.78, 5) is 28.3. The minimum atomic E-state index is -0.680. The average molecular weight is 447 g/mol. The number of nitrogens with zero attached hydrogens (tertiary/aromatic N) is 1. The van der Waals surface area contributed by atoms with Gasteiger partial charge in [0.05, 0.1) is 17.6 Å². The van der Waals surface area contributed by atoms with Crippen LogP contribution in [0.1, 0.15) is 35.3 Å². The maximum atomic E-state index is 13.5. The van der Waals surface area contributed by atoms with Crippen molar-refractivity contribution in [2.45, 2.75) is 25.8 Å². The van der Waals surface area contributed by atoms with Gasteiger partial charge in [-0.25, -0.2) is 0 Å². The van der Waals surface area contributed by atoms with E-state index in [9.17, 15) is 9.59 Å². The van der Waals surface area contributed by atoms with Crippen LogP contribution in [0.2, 0.25) is 0 Å². The van der Waals surface area contributed by atoms with Crippen molar-refractivity contribution in [3.05, 3.63) is 120 Å². The second-order valence-electron chi connectivity index (χ2n) is 9.09. The lowest BCUT2D eigenvalue weighted by molar-refractivity contribution is -0.120. The van der Waals surface area contributed by atoms with Crippen LogP contribution >= 0.6 is 0 Å². The molecule has 4 aromatic rings. The van der Waals surface area contributed by atoms with Crippen LogP contribution < -0.4 is 10.2 Å². The maximum absolute atomic E-state index is 13.5. The number of fused-ring (bicyclic) bond motifs is 3. The first kappa shape index (κ1) is 21.7. The van der Waals surface area contributed by atoms with E-state index in [-0.39, 0.29) is 11.8 Å². The molecule has 5 rings (SSSR count). The molecule has 1 heterocycles. The van der Waals surface area contributed by atoms with Gasteiger partial charge in [-0.1, -0.05) is 72.8 Å². The first-order chi connectivity index (χ1) is 16.4. The van der Waals surface area contributed by atoms with Gasteiger partial charge in [0.25, 0.3) is 5.91 Å². The zero-order valence-corrected chi connectivity index (χ0v) is 19.3. The molecule has 1 N–H and O–H groups in total. The Morgan fingerprint density at radius 3 is 2.09 bits per heavy atom. The highest BCUT2D eigenvalue weighted by Crippen LogP contribution is 2.39. The average Bonchev–Trinajstić information content (AvgIpc) is 2.88. The number of carbonyl (C=O) groups excluding carboxylic acids is 2. The number of benzene rings is 4. The molecule has 4 heteroatoms. The number of hydrogen-bond donors (Lipinski definition) is 1. The monoisotopic (exact) mass is 446 g/mol.